The average Bonchev–Trinajstić information content (AvgIpc) is 2.51. The molecule has 1 saturated heterocycles. The van der Waals surface area contributed by atoms with Gasteiger partial charge < -0.3 is 10.4 Å². The van der Waals surface area contributed by atoms with Crippen molar-refractivity contribution in [1.82, 2.24) is 4.90 Å². The van der Waals surface area contributed by atoms with Gasteiger partial charge in [-0.3, -0.25) is 9.69 Å². The molecule has 5 heteroatoms. The Kier molecular flexibility index (Phi) is 5.84. The zero-order chi connectivity index (χ0) is 16.3. The first-order valence-electron chi connectivity index (χ1n) is 7.88. The number of hydrogen-bond acceptors (Lipinski definition) is 3. The molecule has 22 heavy (non-hydrogen) atoms. The molecule has 2 atom stereocenters. The number of piperidine rings is 1. The lowest BCUT2D eigenvalue weighted by molar-refractivity contribution is -0.121. The zero-order valence-electron chi connectivity index (χ0n) is 13.5. The molecular formula is C17H25ClN2O2. The van der Waals surface area contributed by atoms with Crippen LogP contribution in [0.2, 0.25) is 5.02 Å². The van der Waals surface area contributed by atoms with E-state index in [1.807, 2.05) is 39.0 Å². The van der Waals surface area contributed by atoms with Crippen LogP contribution in [0.25, 0.3) is 0 Å². The van der Waals surface area contributed by atoms with E-state index in [-0.39, 0.29) is 18.1 Å². The third-order valence-corrected chi connectivity index (χ3v) is 5.12. The van der Waals surface area contributed by atoms with E-state index in [9.17, 15) is 9.90 Å². The van der Waals surface area contributed by atoms with Gasteiger partial charge in [0.1, 0.15) is 0 Å². The standard InChI is InChI=1S/C17H25ClN2O2/c1-11-15(18)5-4-6-16(11)19-17(22)12(2)20-9-7-14(8-10-20)13(3)21/h4-6,12-14,21H,7-10H2,1-3H3,(H,19,22). The van der Waals surface area contributed by atoms with Crippen LogP contribution in [0.3, 0.4) is 0 Å². The number of likely N-dealkylation sites (tertiary alicyclic amines) is 1. The van der Waals surface area contributed by atoms with E-state index in [0.717, 1.165) is 37.2 Å². The second kappa shape index (κ2) is 7.44. The summed E-state index contributed by atoms with van der Waals surface area (Å²) in [6.45, 7) is 7.37. The van der Waals surface area contributed by atoms with Crippen LogP contribution >= 0.6 is 11.6 Å². The Morgan fingerprint density at radius 3 is 2.59 bits per heavy atom. The molecule has 1 aliphatic heterocycles. The normalized spacial score (nSPS) is 19.7. The first kappa shape index (κ1) is 17.3. The Balaban J connectivity index is 1.94. The van der Waals surface area contributed by atoms with Gasteiger partial charge in [-0.2, -0.15) is 0 Å². The maximum Gasteiger partial charge on any atom is 0.241 e. The Morgan fingerprint density at radius 1 is 1.36 bits per heavy atom. The summed E-state index contributed by atoms with van der Waals surface area (Å²) in [7, 11) is 0. The fourth-order valence-electron chi connectivity index (χ4n) is 2.94. The van der Waals surface area contributed by atoms with Crippen LogP contribution < -0.4 is 5.32 Å². The van der Waals surface area contributed by atoms with Crippen molar-refractivity contribution in [3.05, 3.63) is 28.8 Å². The number of anilines is 1. The van der Waals surface area contributed by atoms with Crippen LogP contribution in [-0.2, 0) is 4.79 Å². The number of rotatable bonds is 4. The van der Waals surface area contributed by atoms with E-state index in [2.05, 4.69) is 10.2 Å². The lowest BCUT2D eigenvalue weighted by atomic mass is 9.91. The molecule has 2 unspecified atom stereocenters. The molecule has 0 aliphatic carbocycles. The Labute approximate surface area is 137 Å². The highest BCUT2D eigenvalue weighted by molar-refractivity contribution is 6.31. The summed E-state index contributed by atoms with van der Waals surface area (Å²) in [5, 5.41) is 13.3. The predicted octanol–water partition coefficient (Wildman–Crippen LogP) is 3.07. The summed E-state index contributed by atoms with van der Waals surface area (Å²) in [6, 6.07) is 5.33. The van der Waals surface area contributed by atoms with Gasteiger partial charge in [-0.25, -0.2) is 0 Å². The average molecular weight is 325 g/mol. The van der Waals surface area contributed by atoms with Crippen LogP contribution in [0.5, 0.6) is 0 Å². The molecule has 1 heterocycles. The SMILES string of the molecule is Cc1c(Cl)cccc1NC(=O)C(C)N1CCC(C(C)O)CC1. The van der Waals surface area contributed by atoms with Gasteiger partial charge in [-0.15, -0.1) is 0 Å². The smallest absolute Gasteiger partial charge is 0.241 e. The highest BCUT2D eigenvalue weighted by Gasteiger charge is 2.28. The van der Waals surface area contributed by atoms with Gasteiger partial charge in [0, 0.05) is 10.7 Å². The Bertz CT molecular complexity index is 525. The molecule has 1 amide bonds. The van der Waals surface area contributed by atoms with Gasteiger partial charge in [0.05, 0.1) is 12.1 Å². The first-order chi connectivity index (χ1) is 10.4. The molecule has 1 aliphatic rings. The van der Waals surface area contributed by atoms with E-state index in [1.165, 1.54) is 0 Å². The van der Waals surface area contributed by atoms with Crippen molar-refractivity contribution < 1.29 is 9.90 Å². The summed E-state index contributed by atoms with van der Waals surface area (Å²) in [5.74, 6) is 0.336. The molecule has 1 aromatic rings. The highest BCUT2D eigenvalue weighted by Crippen LogP contribution is 2.25. The van der Waals surface area contributed by atoms with Crippen molar-refractivity contribution in [3.63, 3.8) is 0 Å². The number of nitrogens with zero attached hydrogens (tertiary/aromatic N) is 1. The summed E-state index contributed by atoms with van der Waals surface area (Å²) in [4.78, 5) is 14.6. The minimum atomic E-state index is -0.264. The summed E-state index contributed by atoms with van der Waals surface area (Å²) in [5.41, 5.74) is 1.65. The van der Waals surface area contributed by atoms with E-state index >= 15 is 0 Å². The second-order valence-corrected chi connectivity index (χ2v) is 6.60. The van der Waals surface area contributed by atoms with Crippen molar-refractivity contribution in [3.8, 4) is 0 Å². The largest absolute Gasteiger partial charge is 0.393 e. The van der Waals surface area contributed by atoms with E-state index in [1.54, 1.807) is 0 Å². The molecule has 2 N–H and O–H groups in total. The number of hydrogen-bond donors (Lipinski definition) is 2. The second-order valence-electron chi connectivity index (χ2n) is 6.19. The molecular weight excluding hydrogens is 300 g/mol. The van der Waals surface area contributed by atoms with Crippen LogP contribution in [0, 0.1) is 12.8 Å². The van der Waals surface area contributed by atoms with E-state index < -0.39 is 0 Å². The number of nitrogens with one attached hydrogen (secondary N) is 1. The van der Waals surface area contributed by atoms with E-state index in [0.29, 0.717) is 10.9 Å². The zero-order valence-corrected chi connectivity index (χ0v) is 14.2. The first-order valence-corrected chi connectivity index (χ1v) is 8.26. The molecule has 0 bridgehead atoms. The van der Waals surface area contributed by atoms with Gasteiger partial charge in [-0.1, -0.05) is 17.7 Å². The molecule has 1 aromatic carbocycles. The van der Waals surface area contributed by atoms with Crippen molar-refractivity contribution in [1.29, 1.82) is 0 Å². The minimum Gasteiger partial charge on any atom is -0.393 e. The fourth-order valence-corrected chi connectivity index (χ4v) is 3.11. The molecule has 2 rings (SSSR count). The number of benzene rings is 1. The summed E-state index contributed by atoms with van der Waals surface area (Å²) in [6.07, 6.45) is 1.61. The van der Waals surface area contributed by atoms with Gasteiger partial charge in [-0.05, 0) is 70.3 Å². The third kappa shape index (κ3) is 4.00. The summed E-state index contributed by atoms with van der Waals surface area (Å²) < 4.78 is 0. The lowest BCUT2D eigenvalue weighted by Crippen LogP contribution is -2.47. The third-order valence-electron chi connectivity index (χ3n) is 4.71. The number of aliphatic hydroxyl groups is 1. The number of halogens is 1. The van der Waals surface area contributed by atoms with Gasteiger partial charge in [0.15, 0.2) is 0 Å². The number of aliphatic hydroxyl groups excluding tert-OH is 1. The predicted molar refractivity (Wildman–Crippen MR) is 90.3 cm³/mol. The maximum atomic E-state index is 12.4. The Morgan fingerprint density at radius 2 is 2.00 bits per heavy atom. The van der Waals surface area contributed by atoms with Crippen molar-refractivity contribution in [2.24, 2.45) is 5.92 Å². The maximum absolute atomic E-state index is 12.4. The molecule has 1 fully saturated rings. The molecule has 0 saturated carbocycles. The van der Waals surface area contributed by atoms with Crippen molar-refractivity contribution >= 4 is 23.2 Å². The summed E-state index contributed by atoms with van der Waals surface area (Å²) >= 11 is 6.09. The molecule has 4 nitrogen and oxygen atoms in total. The fraction of sp³-hybridized carbons (Fsp3) is 0.588. The van der Waals surface area contributed by atoms with Crippen molar-refractivity contribution in [2.45, 2.75) is 45.8 Å². The number of carbonyl (C=O) groups is 1. The van der Waals surface area contributed by atoms with Gasteiger partial charge in [0.25, 0.3) is 0 Å². The van der Waals surface area contributed by atoms with Crippen LogP contribution in [0.4, 0.5) is 5.69 Å². The molecule has 122 valence electrons. The topological polar surface area (TPSA) is 52.6 Å². The van der Waals surface area contributed by atoms with Gasteiger partial charge >= 0.3 is 0 Å². The lowest BCUT2D eigenvalue weighted by Gasteiger charge is -2.36. The quantitative estimate of drug-likeness (QED) is 0.895. The number of amides is 1. The minimum absolute atomic E-state index is 0.0131. The van der Waals surface area contributed by atoms with Crippen LogP contribution in [0.1, 0.15) is 32.3 Å². The molecule has 0 aromatic heterocycles. The number of carbonyl (C=O) groups excluding carboxylic acids is 1. The van der Waals surface area contributed by atoms with Gasteiger partial charge in [0.2, 0.25) is 5.91 Å². The monoisotopic (exact) mass is 324 g/mol. The highest BCUT2D eigenvalue weighted by atomic mass is 35.5. The van der Waals surface area contributed by atoms with Crippen LogP contribution in [-0.4, -0.2) is 41.1 Å². The van der Waals surface area contributed by atoms with Crippen LogP contribution in [0.15, 0.2) is 18.2 Å². The van der Waals surface area contributed by atoms with Crippen molar-refractivity contribution in [2.75, 3.05) is 18.4 Å². The van der Waals surface area contributed by atoms with E-state index in [4.69, 9.17) is 11.6 Å². The molecule has 0 radical (unpaired) electrons. The Hall–Kier alpha value is -1.10. The molecule has 0 spiro atoms.